The van der Waals surface area contributed by atoms with E-state index in [1.165, 1.54) is 19.5 Å². The van der Waals surface area contributed by atoms with Gasteiger partial charge in [0, 0.05) is 40.5 Å². The first-order valence-electron chi connectivity index (χ1n) is 9.17. The first kappa shape index (κ1) is 25.8. The van der Waals surface area contributed by atoms with Crippen LogP contribution >= 0.6 is 0 Å². The maximum atomic E-state index is 11.2. The van der Waals surface area contributed by atoms with Crippen LogP contribution in [0.5, 0.6) is 0 Å². The van der Waals surface area contributed by atoms with Crippen LogP contribution in [0.25, 0.3) is 0 Å². The van der Waals surface area contributed by atoms with Gasteiger partial charge >= 0.3 is 0 Å². The Balaban J connectivity index is 0.000000589. The van der Waals surface area contributed by atoms with Crippen LogP contribution in [0, 0.1) is 28.6 Å². The van der Waals surface area contributed by atoms with Crippen molar-refractivity contribution in [2.24, 2.45) is 11.7 Å². The highest BCUT2D eigenvalue weighted by molar-refractivity contribution is 7.84. The molecule has 0 bridgehead atoms. The minimum Gasteiger partial charge on any atom is -0.365 e. The lowest BCUT2D eigenvalue weighted by atomic mass is 9.87. The number of aromatic amines is 1. The van der Waals surface area contributed by atoms with Gasteiger partial charge in [0.1, 0.15) is 11.4 Å². The topological polar surface area (TPSA) is 148 Å². The summed E-state index contributed by atoms with van der Waals surface area (Å²) < 4.78 is 11.2. The van der Waals surface area contributed by atoms with E-state index in [9.17, 15) is 9.00 Å². The molecule has 1 unspecified atom stereocenters. The Morgan fingerprint density at radius 2 is 1.83 bits per heavy atom. The number of H-pyrrole nitrogens is 1. The molecule has 1 aliphatic rings. The molecule has 1 saturated carbocycles. The summed E-state index contributed by atoms with van der Waals surface area (Å²) in [5.74, 6) is 0.301. The zero-order valence-corrected chi connectivity index (χ0v) is 18.0. The fraction of sp³-hybridized carbons (Fsp3) is 0.400. The van der Waals surface area contributed by atoms with Gasteiger partial charge in [-0.05, 0) is 37.1 Å². The van der Waals surface area contributed by atoms with Crippen LogP contribution in [0.3, 0.4) is 0 Å². The number of carbonyl (C=O) groups is 1. The predicted molar refractivity (Wildman–Crippen MR) is 115 cm³/mol. The molecule has 1 amide bonds. The molecule has 1 aromatic carbocycles. The number of benzene rings is 1. The minimum atomic E-state index is -1.01. The molecule has 0 spiro atoms. The number of hydrogen-bond donors (Lipinski definition) is 3. The second kappa shape index (κ2) is 14.8. The summed E-state index contributed by atoms with van der Waals surface area (Å²) in [7, 11) is -1.01. The third-order valence-corrected chi connectivity index (χ3v) is 4.58. The van der Waals surface area contributed by atoms with E-state index in [1.807, 2.05) is 13.8 Å². The lowest BCUT2D eigenvalue weighted by molar-refractivity contribution is 0.100. The molecule has 9 heteroatoms. The van der Waals surface area contributed by atoms with E-state index in [4.69, 9.17) is 16.3 Å². The first-order chi connectivity index (χ1) is 13.9. The van der Waals surface area contributed by atoms with E-state index in [0.29, 0.717) is 11.7 Å². The number of hydrogen-bond acceptors (Lipinski definition) is 6. The average molecular weight is 417 g/mol. The van der Waals surface area contributed by atoms with Crippen LogP contribution in [0.15, 0.2) is 35.4 Å². The third-order valence-electron chi connectivity index (χ3n) is 3.65. The van der Waals surface area contributed by atoms with Gasteiger partial charge in [0.2, 0.25) is 0 Å². The Kier molecular flexibility index (Phi) is 13.2. The van der Waals surface area contributed by atoms with Crippen LogP contribution in [0.1, 0.15) is 50.4 Å². The highest BCUT2D eigenvalue weighted by Crippen LogP contribution is 2.24. The fourth-order valence-electron chi connectivity index (χ4n) is 1.98. The molecule has 1 heterocycles. The van der Waals surface area contributed by atoms with Crippen LogP contribution in [-0.2, 0) is 10.8 Å². The van der Waals surface area contributed by atoms with Gasteiger partial charge < -0.3 is 11.1 Å². The molecule has 0 radical (unpaired) electrons. The zero-order valence-electron chi connectivity index (χ0n) is 17.2. The number of nitriles is 2. The number of nitrogens with two attached hydrogens (primary N) is 1. The Labute approximate surface area is 174 Å². The Hall–Kier alpha value is -3.17. The number of carbonyl (C=O) groups excluding carboxylic acids is 1. The zero-order chi connectivity index (χ0) is 22.2. The highest BCUT2D eigenvalue weighted by Gasteiger charge is 2.15. The van der Waals surface area contributed by atoms with Crippen LogP contribution in [0.2, 0.25) is 0 Å². The molecule has 1 fully saturated rings. The van der Waals surface area contributed by atoms with Crippen molar-refractivity contribution in [3.8, 4) is 12.1 Å². The molecule has 1 aliphatic carbocycles. The molecule has 1 aromatic heterocycles. The largest absolute Gasteiger partial charge is 0.365 e. The summed E-state index contributed by atoms with van der Waals surface area (Å²) in [4.78, 5) is 11.8. The first-order valence-corrected chi connectivity index (χ1v) is 10.7. The van der Waals surface area contributed by atoms with Gasteiger partial charge in [-0.1, -0.05) is 20.3 Å². The molecular weight excluding hydrogens is 388 g/mol. The van der Waals surface area contributed by atoms with Gasteiger partial charge in [-0.2, -0.15) is 15.6 Å². The van der Waals surface area contributed by atoms with Crippen LogP contribution in [-0.4, -0.2) is 26.6 Å². The van der Waals surface area contributed by atoms with Gasteiger partial charge in [-0.15, -0.1) is 0 Å². The van der Waals surface area contributed by atoms with Crippen molar-refractivity contribution in [1.29, 1.82) is 10.5 Å². The molecule has 8 nitrogen and oxygen atoms in total. The van der Waals surface area contributed by atoms with E-state index >= 15 is 0 Å². The van der Waals surface area contributed by atoms with E-state index in [0.717, 1.165) is 23.4 Å². The van der Waals surface area contributed by atoms with Crippen molar-refractivity contribution in [3.05, 3.63) is 36.0 Å². The second-order valence-corrected chi connectivity index (χ2v) is 6.99. The summed E-state index contributed by atoms with van der Waals surface area (Å²) >= 11 is 0. The van der Waals surface area contributed by atoms with E-state index in [2.05, 4.69) is 21.6 Å². The molecule has 4 N–H and O–H groups in total. The third kappa shape index (κ3) is 9.54. The minimum absolute atomic E-state index is 0.290. The number of amides is 1. The van der Waals surface area contributed by atoms with Gasteiger partial charge in [0.25, 0.3) is 5.91 Å². The predicted octanol–water partition coefficient (Wildman–Crippen LogP) is 3.86. The fourth-order valence-corrected chi connectivity index (χ4v) is 2.50. The maximum absolute atomic E-state index is 11.2. The molecule has 156 valence electrons. The number of nitrogens with one attached hydrogen (secondary N) is 2. The van der Waals surface area contributed by atoms with E-state index in [1.54, 1.807) is 36.6 Å². The molecule has 2 aromatic rings. The Bertz CT molecular complexity index is 845. The van der Waals surface area contributed by atoms with Crippen LogP contribution < -0.4 is 11.1 Å². The smallest absolute Gasteiger partial charge is 0.254 e. The quantitative estimate of drug-likeness (QED) is 0.689. The highest BCUT2D eigenvalue weighted by atomic mass is 32.2. The van der Waals surface area contributed by atoms with Gasteiger partial charge in [0.05, 0.1) is 18.3 Å². The maximum Gasteiger partial charge on any atom is 0.254 e. The lowest BCUT2D eigenvalue weighted by Crippen LogP contribution is -2.11. The van der Waals surface area contributed by atoms with Crippen LogP contribution in [0.4, 0.5) is 11.5 Å². The molecule has 1 atom stereocenters. The standard InChI is InChI=1S/C11H12N4O2S.C5H7N.C2H3N.C2H6/c1-18(17)8-4-2-7(3-5-8)14-11-9(10(12)16)6-13-15-11;6-4-5-2-1-3-5;1-2-3;1-2/h2-6H,1H3,(H2,12,16)(H2,13,14,15);5H,1-3H2;1H3;1-2H3. The summed E-state index contributed by atoms with van der Waals surface area (Å²) in [5.41, 5.74) is 6.23. The van der Waals surface area contributed by atoms with Crippen molar-refractivity contribution in [1.82, 2.24) is 10.2 Å². The molecule has 3 rings (SSSR count). The summed E-state index contributed by atoms with van der Waals surface area (Å²) in [6, 6.07) is 11.0. The molecular formula is C20H28N6O2S. The van der Waals surface area contributed by atoms with Gasteiger partial charge in [0.15, 0.2) is 0 Å². The number of aromatic nitrogens is 2. The summed E-state index contributed by atoms with van der Waals surface area (Å²) in [5, 5.41) is 24.8. The van der Waals surface area contributed by atoms with E-state index in [-0.39, 0.29) is 5.56 Å². The van der Waals surface area contributed by atoms with Crippen molar-refractivity contribution >= 4 is 28.2 Å². The number of primary amides is 1. The molecule has 29 heavy (non-hydrogen) atoms. The SMILES string of the molecule is CC.CC#N.CS(=O)c1ccc(Nc2[nH]ncc2C(N)=O)cc1.N#CC1CCC1. The lowest BCUT2D eigenvalue weighted by Gasteiger charge is -2.15. The van der Waals surface area contributed by atoms with Crippen molar-refractivity contribution in [3.63, 3.8) is 0 Å². The van der Waals surface area contributed by atoms with Gasteiger partial charge in [-0.3, -0.25) is 14.1 Å². The Morgan fingerprint density at radius 1 is 1.28 bits per heavy atom. The average Bonchev–Trinajstić information content (AvgIpc) is 3.12. The van der Waals surface area contributed by atoms with Gasteiger partial charge in [-0.25, -0.2) is 0 Å². The monoisotopic (exact) mass is 416 g/mol. The van der Waals surface area contributed by atoms with E-state index < -0.39 is 16.7 Å². The van der Waals surface area contributed by atoms with Crippen molar-refractivity contribution in [2.75, 3.05) is 11.6 Å². The number of rotatable bonds is 4. The summed E-state index contributed by atoms with van der Waals surface area (Å²) in [6.07, 6.45) is 6.55. The summed E-state index contributed by atoms with van der Waals surface area (Å²) in [6.45, 7) is 5.43. The molecule has 0 aliphatic heterocycles. The van der Waals surface area contributed by atoms with Crippen molar-refractivity contribution in [2.45, 2.75) is 44.9 Å². The number of anilines is 2. The van der Waals surface area contributed by atoms with Crippen molar-refractivity contribution < 1.29 is 9.00 Å². The normalized spacial score (nSPS) is 12.5. The number of nitrogens with zero attached hydrogens (tertiary/aromatic N) is 3. The molecule has 0 saturated heterocycles. The Morgan fingerprint density at radius 3 is 2.17 bits per heavy atom. The second-order valence-electron chi connectivity index (χ2n) is 5.61.